The van der Waals surface area contributed by atoms with E-state index in [1.165, 1.54) is 19.1 Å². The Hall–Kier alpha value is -1.11. The average Bonchev–Trinajstić information content (AvgIpc) is 2.28. The van der Waals surface area contributed by atoms with Crippen molar-refractivity contribution < 1.29 is 13.2 Å². The molecule has 0 bridgehead atoms. The lowest BCUT2D eigenvalue weighted by Crippen LogP contribution is -2.26. The first-order valence-electron chi connectivity index (χ1n) is 5.82. The molecule has 2 N–H and O–H groups in total. The van der Waals surface area contributed by atoms with Gasteiger partial charge >= 0.3 is 0 Å². The van der Waals surface area contributed by atoms with Crippen molar-refractivity contribution in [3.8, 4) is 0 Å². The predicted molar refractivity (Wildman–Crippen MR) is 75.9 cm³/mol. The van der Waals surface area contributed by atoms with Crippen molar-refractivity contribution in [3.05, 3.63) is 24.3 Å². The van der Waals surface area contributed by atoms with Gasteiger partial charge < -0.3 is 5.32 Å². The summed E-state index contributed by atoms with van der Waals surface area (Å²) in [5.74, 6) is -0.204. The Balaban J connectivity index is 2.70. The van der Waals surface area contributed by atoms with Crippen LogP contribution in [0.2, 0.25) is 0 Å². The van der Waals surface area contributed by atoms with E-state index < -0.39 is 10.0 Å². The van der Waals surface area contributed by atoms with Crippen LogP contribution in [0.3, 0.4) is 0 Å². The van der Waals surface area contributed by atoms with Gasteiger partial charge in [0, 0.05) is 24.5 Å². The lowest BCUT2D eigenvalue weighted by Gasteiger charge is -2.08. The van der Waals surface area contributed by atoms with Gasteiger partial charge in [0.15, 0.2) is 0 Å². The normalized spacial score (nSPS) is 13.0. The van der Waals surface area contributed by atoms with E-state index in [-0.39, 0.29) is 16.2 Å². The third-order valence-corrected chi connectivity index (χ3v) is 4.01. The average molecular weight is 305 g/mol. The molecule has 0 fully saturated rings. The molecule has 1 amide bonds. The minimum absolute atomic E-state index is 0.0788. The van der Waals surface area contributed by atoms with Crippen LogP contribution < -0.4 is 10.0 Å². The second-order valence-corrected chi connectivity index (χ2v) is 6.68. The SMILES string of the molecule is CC(=O)Nc1ccc(S(=O)(=O)NCCC(C)Cl)cc1. The molecule has 0 heterocycles. The second kappa shape index (κ2) is 6.88. The van der Waals surface area contributed by atoms with E-state index >= 15 is 0 Å². The van der Waals surface area contributed by atoms with E-state index in [4.69, 9.17) is 11.6 Å². The van der Waals surface area contributed by atoms with Crippen LogP contribution in [0.1, 0.15) is 20.3 Å². The van der Waals surface area contributed by atoms with Gasteiger partial charge in [-0.1, -0.05) is 0 Å². The van der Waals surface area contributed by atoms with E-state index in [9.17, 15) is 13.2 Å². The molecular weight excluding hydrogens is 288 g/mol. The standard InChI is InChI=1S/C12H17ClN2O3S/c1-9(13)7-8-14-19(17,18)12-5-3-11(4-6-12)15-10(2)16/h3-6,9,14H,7-8H2,1-2H3,(H,15,16). The second-order valence-electron chi connectivity index (χ2n) is 4.17. The van der Waals surface area contributed by atoms with Crippen molar-refractivity contribution in [2.45, 2.75) is 30.5 Å². The predicted octanol–water partition coefficient (Wildman–Crippen LogP) is 1.94. The van der Waals surface area contributed by atoms with Gasteiger partial charge in [-0.05, 0) is 37.6 Å². The molecule has 1 atom stereocenters. The first kappa shape index (κ1) is 15.9. The summed E-state index contributed by atoms with van der Waals surface area (Å²) in [6, 6.07) is 5.97. The van der Waals surface area contributed by atoms with Gasteiger partial charge in [-0.25, -0.2) is 13.1 Å². The fourth-order valence-electron chi connectivity index (χ4n) is 1.40. The lowest BCUT2D eigenvalue weighted by atomic mass is 10.3. The molecule has 1 rings (SSSR count). The number of carbonyl (C=O) groups is 1. The van der Waals surface area contributed by atoms with Gasteiger partial charge in [0.05, 0.1) is 4.90 Å². The van der Waals surface area contributed by atoms with Crippen molar-refractivity contribution >= 4 is 33.2 Å². The third kappa shape index (κ3) is 5.59. The summed E-state index contributed by atoms with van der Waals surface area (Å²) in [5.41, 5.74) is 0.556. The van der Waals surface area contributed by atoms with Crippen molar-refractivity contribution in [1.29, 1.82) is 0 Å². The third-order valence-electron chi connectivity index (χ3n) is 2.32. The first-order valence-corrected chi connectivity index (χ1v) is 7.74. The highest BCUT2D eigenvalue weighted by atomic mass is 35.5. The fourth-order valence-corrected chi connectivity index (χ4v) is 2.55. The van der Waals surface area contributed by atoms with Gasteiger partial charge in [-0.2, -0.15) is 0 Å². The Morgan fingerprint density at radius 2 is 1.89 bits per heavy atom. The minimum atomic E-state index is -3.52. The molecule has 5 nitrogen and oxygen atoms in total. The Labute approximate surface area is 118 Å². The molecule has 0 aliphatic heterocycles. The molecule has 0 saturated heterocycles. The van der Waals surface area contributed by atoms with Crippen molar-refractivity contribution in [2.24, 2.45) is 0 Å². The fraction of sp³-hybridized carbons (Fsp3) is 0.417. The lowest BCUT2D eigenvalue weighted by molar-refractivity contribution is -0.114. The molecule has 0 radical (unpaired) electrons. The molecule has 7 heteroatoms. The number of hydrogen-bond donors (Lipinski definition) is 2. The molecule has 0 aliphatic carbocycles. The Bertz CT molecular complexity index is 526. The van der Waals surface area contributed by atoms with Gasteiger partial charge in [0.1, 0.15) is 0 Å². The summed E-state index contributed by atoms with van der Waals surface area (Å²) in [7, 11) is -3.52. The molecule has 1 aromatic carbocycles. The Morgan fingerprint density at radius 1 is 1.32 bits per heavy atom. The maximum atomic E-state index is 11.9. The number of carbonyl (C=O) groups excluding carboxylic acids is 1. The van der Waals surface area contributed by atoms with E-state index in [1.807, 2.05) is 0 Å². The monoisotopic (exact) mass is 304 g/mol. The highest BCUT2D eigenvalue weighted by molar-refractivity contribution is 7.89. The first-order chi connectivity index (χ1) is 8.81. The van der Waals surface area contributed by atoms with Crippen LogP contribution in [-0.2, 0) is 14.8 Å². The molecule has 1 aromatic rings. The number of nitrogens with one attached hydrogen (secondary N) is 2. The van der Waals surface area contributed by atoms with Gasteiger partial charge in [0.25, 0.3) is 0 Å². The highest BCUT2D eigenvalue weighted by Crippen LogP contribution is 2.14. The molecule has 0 saturated carbocycles. The van der Waals surface area contributed by atoms with Gasteiger partial charge in [0.2, 0.25) is 15.9 Å². The summed E-state index contributed by atoms with van der Waals surface area (Å²) in [6.07, 6.45) is 0.560. The van der Waals surface area contributed by atoms with Crippen LogP contribution in [0.5, 0.6) is 0 Å². The number of alkyl halides is 1. The van der Waals surface area contributed by atoms with Crippen LogP contribution in [0.25, 0.3) is 0 Å². The van der Waals surface area contributed by atoms with Crippen LogP contribution in [0.4, 0.5) is 5.69 Å². The van der Waals surface area contributed by atoms with Crippen LogP contribution in [-0.4, -0.2) is 26.2 Å². The summed E-state index contributed by atoms with van der Waals surface area (Å²) in [5, 5.41) is 2.49. The largest absolute Gasteiger partial charge is 0.326 e. The zero-order valence-corrected chi connectivity index (χ0v) is 12.4. The van der Waals surface area contributed by atoms with E-state index in [0.717, 1.165) is 0 Å². The highest BCUT2D eigenvalue weighted by Gasteiger charge is 2.13. The van der Waals surface area contributed by atoms with Gasteiger partial charge in [-0.15, -0.1) is 11.6 Å². The Morgan fingerprint density at radius 3 is 2.37 bits per heavy atom. The number of hydrogen-bond acceptors (Lipinski definition) is 3. The summed E-state index contributed by atoms with van der Waals surface area (Å²) < 4.78 is 26.3. The number of anilines is 1. The minimum Gasteiger partial charge on any atom is -0.326 e. The number of halogens is 1. The molecule has 0 aliphatic rings. The summed E-state index contributed by atoms with van der Waals surface area (Å²) >= 11 is 5.75. The number of rotatable bonds is 6. The number of benzene rings is 1. The van der Waals surface area contributed by atoms with E-state index in [2.05, 4.69) is 10.0 Å². The van der Waals surface area contributed by atoms with Crippen molar-refractivity contribution in [2.75, 3.05) is 11.9 Å². The zero-order valence-electron chi connectivity index (χ0n) is 10.8. The number of amides is 1. The molecule has 0 aromatic heterocycles. The maximum absolute atomic E-state index is 11.9. The molecule has 0 spiro atoms. The Kier molecular flexibility index (Phi) is 5.78. The smallest absolute Gasteiger partial charge is 0.240 e. The molecule has 1 unspecified atom stereocenters. The maximum Gasteiger partial charge on any atom is 0.240 e. The van der Waals surface area contributed by atoms with E-state index in [1.54, 1.807) is 19.1 Å². The topological polar surface area (TPSA) is 75.3 Å². The quantitative estimate of drug-likeness (QED) is 0.789. The summed E-state index contributed by atoms with van der Waals surface area (Å²) in [4.78, 5) is 11.0. The molecule has 19 heavy (non-hydrogen) atoms. The molecule has 106 valence electrons. The van der Waals surface area contributed by atoms with E-state index in [0.29, 0.717) is 18.7 Å². The van der Waals surface area contributed by atoms with Crippen molar-refractivity contribution in [3.63, 3.8) is 0 Å². The van der Waals surface area contributed by atoms with Crippen molar-refractivity contribution in [1.82, 2.24) is 4.72 Å². The van der Waals surface area contributed by atoms with Crippen LogP contribution >= 0.6 is 11.6 Å². The summed E-state index contributed by atoms with van der Waals surface area (Å²) in [6.45, 7) is 3.48. The van der Waals surface area contributed by atoms with Crippen LogP contribution in [0, 0.1) is 0 Å². The molecular formula is C12H17ClN2O3S. The van der Waals surface area contributed by atoms with Crippen LogP contribution in [0.15, 0.2) is 29.2 Å². The van der Waals surface area contributed by atoms with Gasteiger partial charge in [-0.3, -0.25) is 4.79 Å². The zero-order chi connectivity index (χ0) is 14.5. The number of sulfonamides is 1.